The van der Waals surface area contributed by atoms with Crippen LogP contribution in [-0.4, -0.2) is 0 Å². The van der Waals surface area contributed by atoms with Crippen LogP contribution in [0.4, 0.5) is 0 Å². The summed E-state index contributed by atoms with van der Waals surface area (Å²) in [4.78, 5) is 0. The molecule has 1 aromatic heterocycles. The van der Waals surface area contributed by atoms with E-state index in [0.29, 0.717) is 5.92 Å². The molecule has 4 heteroatoms. The van der Waals surface area contributed by atoms with Crippen molar-refractivity contribution in [2.24, 2.45) is 0 Å². The van der Waals surface area contributed by atoms with E-state index in [1.807, 2.05) is 12.1 Å². The molecule has 29 heavy (non-hydrogen) atoms. The van der Waals surface area contributed by atoms with Crippen molar-refractivity contribution in [2.75, 3.05) is 0 Å². The summed E-state index contributed by atoms with van der Waals surface area (Å²) >= 11 is 0. The van der Waals surface area contributed by atoms with E-state index in [1.54, 1.807) is 0 Å². The Kier molecular flexibility index (Phi) is 5.19. The maximum atomic E-state index is 6.32. The molecule has 150 valence electrons. The van der Waals surface area contributed by atoms with Crippen LogP contribution in [-0.2, 0) is 0 Å². The zero-order valence-corrected chi connectivity index (χ0v) is 18.8. The molecule has 0 saturated heterocycles. The smallest absolute Gasteiger partial charge is 0.391 e. The minimum absolute atomic E-state index is 0.482. The summed E-state index contributed by atoms with van der Waals surface area (Å²) in [5, 5.41) is 2.13. The largest absolute Gasteiger partial charge is 0.453 e. The van der Waals surface area contributed by atoms with E-state index in [2.05, 4.69) is 77.9 Å². The van der Waals surface area contributed by atoms with E-state index in [-0.39, 0.29) is 0 Å². The van der Waals surface area contributed by atoms with E-state index >= 15 is 0 Å². The average Bonchev–Trinajstić information content (AvgIpc) is 2.80. The second-order valence-corrected chi connectivity index (χ2v) is 9.13. The highest BCUT2D eigenvalue weighted by Crippen LogP contribution is 2.39. The molecule has 0 atom stereocenters. The van der Waals surface area contributed by atoms with Gasteiger partial charge in [0.1, 0.15) is 16.9 Å². The lowest BCUT2D eigenvalue weighted by Gasteiger charge is -2.06. The third-order valence-electron chi connectivity index (χ3n) is 5.19. The van der Waals surface area contributed by atoms with Crippen molar-refractivity contribution >= 4 is 30.2 Å². The normalized spacial score (nSPS) is 11.4. The third kappa shape index (κ3) is 3.93. The predicted molar refractivity (Wildman–Crippen MR) is 122 cm³/mol. The molecule has 1 heterocycles. The minimum Gasteiger partial charge on any atom is -0.391 e. The Morgan fingerprint density at radius 3 is 1.66 bits per heavy atom. The molecule has 0 aliphatic heterocycles. The molecule has 3 aromatic carbocycles. The molecule has 0 saturated carbocycles. The number of hydrogen-bond acceptors (Lipinski definition) is 3. The lowest BCUT2D eigenvalue weighted by atomic mass is 10.0. The van der Waals surface area contributed by atoms with Gasteiger partial charge in [-0.05, 0) is 85.7 Å². The standard InChI is InChI=1S/C25H27O3P/c1-15(2)20-7-9-21(10-8-20)26-29-27-24-18(5)11-16(3)13-22(24)23-14-17(4)12-19(6)25(23)28-29/h7-15H,1-6H3. The maximum absolute atomic E-state index is 6.32. The Bertz CT molecular complexity index is 1160. The fourth-order valence-corrected chi connectivity index (χ4v) is 4.94. The van der Waals surface area contributed by atoms with E-state index in [1.165, 1.54) is 16.7 Å². The maximum Gasteiger partial charge on any atom is 0.453 e. The fourth-order valence-electron chi connectivity index (χ4n) is 3.76. The van der Waals surface area contributed by atoms with Gasteiger partial charge in [0.05, 0.1) is 0 Å². The van der Waals surface area contributed by atoms with Crippen molar-refractivity contribution in [3.8, 4) is 5.75 Å². The summed E-state index contributed by atoms with van der Waals surface area (Å²) in [5.41, 5.74) is 7.52. The molecule has 0 bridgehead atoms. The minimum atomic E-state index is -1.62. The molecule has 0 amide bonds. The van der Waals surface area contributed by atoms with Gasteiger partial charge in [-0.1, -0.05) is 38.1 Å². The number of rotatable bonds is 3. The number of hydrogen-bond donors (Lipinski definition) is 0. The average molecular weight is 406 g/mol. The fraction of sp³-hybridized carbons (Fsp3) is 0.280. The van der Waals surface area contributed by atoms with Crippen LogP contribution in [0, 0.1) is 27.7 Å². The first-order valence-electron chi connectivity index (χ1n) is 9.98. The zero-order chi connectivity index (χ0) is 20.7. The monoisotopic (exact) mass is 406 g/mol. The van der Waals surface area contributed by atoms with Gasteiger partial charge in [0.25, 0.3) is 0 Å². The Balaban J connectivity index is 1.96. The molecule has 0 aliphatic rings. The molecular weight excluding hydrogens is 379 g/mol. The Morgan fingerprint density at radius 2 is 1.21 bits per heavy atom. The van der Waals surface area contributed by atoms with Gasteiger partial charge in [-0.2, -0.15) is 0 Å². The Hall–Kier alpha value is -2.64. The van der Waals surface area contributed by atoms with Gasteiger partial charge in [0, 0.05) is 10.8 Å². The first kappa shape index (κ1) is 19.7. The van der Waals surface area contributed by atoms with Crippen LogP contribution < -0.4 is 4.52 Å². The SMILES string of the molecule is Cc1cc(C)c2op(Oc3ccc(C(C)C)cc3)oc3c(C)cc(C)cc3c2c1. The van der Waals surface area contributed by atoms with Gasteiger partial charge in [-0.3, -0.25) is 0 Å². The molecular formula is C25H27O3P. The second-order valence-electron chi connectivity index (χ2n) is 8.14. The summed E-state index contributed by atoms with van der Waals surface area (Å²) < 4.78 is 18.8. The van der Waals surface area contributed by atoms with Crippen molar-refractivity contribution in [3.05, 3.63) is 76.3 Å². The van der Waals surface area contributed by atoms with Gasteiger partial charge in [0.15, 0.2) is 0 Å². The van der Waals surface area contributed by atoms with Crippen molar-refractivity contribution in [3.63, 3.8) is 0 Å². The topological polar surface area (TPSA) is 35.5 Å². The number of aryl methyl sites for hydroxylation is 4. The van der Waals surface area contributed by atoms with Crippen LogP contribution in [0.3, 0.4) is 0 Å². The highest BCUT2D eigenvalue weighted by atomic mass is 31.1. The molecule has 4 aromatic rings. The molecule has 0 fully saturated rings. The molecule has 0 unspecified atom stereocenters. The molecule has 4 rings (SSSR count). The molecule has 0 N–H and O–H groups in total. The van der Waals surface area contributed by atoms with Crippen molar-refractivity contribution in [1.82, 2.24) is 0 Å². The first-order valence-corrected chi connectivity index (χ1v) is 11.1. The van der Waals surface area contributed by atoms with Crippen LogP contribution in [0.1, 0.15) is 47.6 Å². The van der Waals surface area contributed by atoms with Gasteiger partial charge in [0.2, 0.25) is 0 Å². The first-order chi connectivity index (χ1) is 13.8. The number of fused-ring (bicyclic) bond motifs is 3. The molecule has 0 aliphatic carbocycles. The highest BCUT2D eigenvalue weighted by Gasteiger charge is 2.13. The summed E-state index contributed by atoms with van der Waals surface area (Å²) in [6.07, 6.45) is 0. The molecule has 0 spiro atoms. The quantitative estimate of drug-likeness (QED) is 0.342. The van der Waals surface area contributed by atoms with E-state index in [0.717, 1.165) is 38.8 Å². The number of benzene rings is 3. The van der Waals surface area contributed by atoms with Gasteiger partial charge in [-0.15, -0.1) is 0 Å². The highest BCUT2D eigenvalue weighted by molar-refractivity contribution is 7.32. The van der Waals surface area contributed by atoms with Crippen molar-refractivity contribution in [2.45, 2.75) is 47.5 Å². The molecule has 0 radical (unpaired) electrons. The zero-order valence-electron chi connectivity index (χ0n) is 17.9. The predicted octanol–water partition coefficient (Wildman–Crippen LogP) is 8.49. The van der Waals surface area contributed by atoms with Gasteiger partial charge >= 0.3 is 8.24 Å². The van der Waals surface area contributed by atoms with Gasteiger partial charge in [-0.25, -0.2) is 0 Å². The van der Waals surface area contributed by atoms with E-state index < -0.39 is 8.24 Å². The molecule has 3 nitrogen and oxygen atoms in total. The van der Waals surface area contributed by atoms with Crippen LogP contribution >= 0.6 is 8.24 Å². The summed E-state index contributed by atoms with van der Waals surface area (Å²) in [5.74, 6) is 1.23. The summed E-state index contributed by atoms with van der Waals surface area (Å²) in [6, 6.07) is 16.8. The van der Waals surface area contributed by atoms with Crippen molar-refractivity contribution < 1.29 is 12.9 Å². The third-order valence-corrected chi connectivity index (χ3v) is 6.21. The van der Waals surface area contributed by atoms with Crippen LogP contribution in [0.2, 0.25) is 0 Å². The van der Waals surface area contributed by atoms with Crippen LogP contribution in [0.25, 0.3) is 21.9 Å². The summed E-state index contributed by atoms with van der Waals surface area (Å²) in [6.45, 7) is 12.7. The van der Waals surface area contributed by atoms with E-state index in [4.69, 9.17) is 12.9 Å². The van der Waals surface area contributed by atoms with Crippen LogP contribution in [0.15, 0.2) is 56.9 Å². The lowest BCUT2D eigenvalue weighted by molar-refractivity contribution is 0.497. The Morgan fingerprint density at radius 1 is 0.724 bits per heavy atom. The Labute approximate surface area is 172 Å². The van der Waals surface area contributed by atoms with Crippen molar-refractivity contribution in [1.29, 1.82) is 0 Å². The summed E-state index contributed by atoms with van der Waals surface area (Å²) in [7, 11) is -1.62. The lowest BCUT2D eigenvalue weighted by Crippen LogP contribution is -1.86. The second kappa shape index (κ2) is 7.65. The van der Waals surface area contributed by atoms with Crippen LogP contribution in [0.5, 0.6) is 5.75 Å². The van der Waals surface area contributed by atoms with Gasteiger partial charge < -0.3 is 12.9 Å². The van der Waals surface area contributed by atoms with E-state index in [9.17, 15) is 0 Å².